The van der Waals surface area contributed by atoms with Crippen LogP contribution in [0.25, 0.3) is 6.08 Å². The van der Waals surface area contributed by atoms with E-state index in [2.05, 4.69) is 0 Å². The highest BCUT2D eigenvalue weighted by molar-refractivity contribution is 7.91. The number of benzene rings is 1. The highest BCUT2D eigenvalue weighted by Crippen LogP contribution is 2.21. The fourth-order valence-electron chi connectivity index (χ4n) is 3.17. The van der Waals surface area contributed by atoms with Crippen LogP contribution in [0.15, 0.2) is 30.3 Å². The number of nitrogens with zero attached hydrogens (tertiary/aromatic N) is 1. The van der Waals surface area contributed by atoms with Crippen molar-refractivity contribution in [3.05, 3.63) is 35.9 Å². The summed E-state index contributed by atoms with van der Waals surface area (Å²) in [6, 6.07) is 6.67. The molecule has 0 aliphatic carbocycles. The van der Waals surface area contributed by atoms with Crippen molar-refractivity contribution < 1.29 is 27.5 Å². The van der Waals surface area contributed by atoms with Crippen molar-refractivity contribution in [2.75, 3.05) is 25.2 Å². The maximum atomic E-state index is 12.6. The molecule has 2 atom stereocenters. The molecule has 1 saturated heterocycles. The van der Waals surface area contributed by atoms with E-state index in [0.29, 0.717) is 18.6 Å². The Bertz CT molecular complexity index is 833. The van der Waals surface area contributed by atoms with Gasteiger partial charge in [0.2, 0.25) is 0 Å². The fourth-order valence-corrected chi connectivity index (χ4v) is 4.88. The number of rotatable bonds is 8. The molecule has 1 amide bonds. The van der Waals surface area contributed by atoms with Crippen LogP contribution in [0, 0.1) is 0 Å². The molecule has 0 saturated carbocycles. The SMILES string of the molecule is CC[C@@H](C)N(C(=O)COC(=O)/C=C/c1cccc(OC)c1)[C@@H]1CCS(=O)(=O)C1. The molecule has 154 valence electrons. The van der Waals surface area contributed by atoms with Crippen LogP contribution in [0.1, 0.15) is 32.3 Å². The lowest BCUT2D eigenvalue weighted by molar-refractivity contribution is -0.150. The number of carbonyl (C=O) groups excluding carboxylic acids is 2. The molecule has 0 spiro atoms. The molecule has 1 aliphatic heterocycles. The summed E-state index contributed by atoms with van der Waals surface area (Å²) >= 11 is 0. The van der Waals surface area contributed by atoms with E-state index in [-0.39, 0.29) is 29.5 Å². The van der Waals surface area contributed by atoms with E-state index in [9.17, 15) is 18.0 Å². The van der Waals surface area contributed by atoms with Crippen LogP contribution < -0.4 is 4.74 Å². The zero-order chi connectivity index (χ0) is 20.7. The van der Waals surface area contributed by atoms with Crippen LogP contribution in [0.3, 0.4) is 0 Å². The van der Waals surface area contributed by atoms with Gasteiger partial charge < -0.3 is 14.4 Å². The first kappa shape index (κ1) is 21.9. The van der Waals surface area contributed by atoms with Gasteiger partial charge in [0.05, 0.1) is 18.6 Å². The number of esters is 1. The lowest BCUT2D eigenvalue weighted by atomic mass is 10.1. The van der Waals surface area contributed by atoms with Crippen LogP contribution in [-0.2, 0) is 24.2 Å². The quantitative estimate of drug-likeness (QED) is 0.482. The molecule has 1 aliphatic rings. The Balaban J connectivity index is 1.95. The maximum Gasteiger partial charge on any atom is 0.331 e. The minimum atomic E-state index is -3.12. The average Bonchev–Trinajstić information content (AvgIpc) is 3.04. The maximum absolute atomic E-state index is 12.6. The Hall–Kier alpha value is -2.35. The molecule has 28 heavy (non-hydrogen) atoms. The highest BCUT2D eigenvalue weighted by atomic mass is 32.2. The number of ether oxygens (including phenoxy) is 2. The van der Waals surface area contributed by atoms with Gasteiger partial charge in [0.15, 0.2) is 16.4 Å². The molecule has 1 heterocycles. The van der Waals surface area contributed by atoms with Gasteiger partial charge in [-0.2, -0.15) is 0 Å². The molecular weight excluding hydrogens is 382 g/mol. The summed E-state index contributed by atoms with van der Waals surface area (Å²) < 4.78 is 33.7. The minimum Gasteiger partial charge on any atom is -0.497 e. The molecule has 0 bridgehead atoms. The van der Waals surface area contributed by atoms with Crippen molar-refractivity contribution in [3.8, 4) is 5.75 Å². The second-order valence-electron chi connectivity index (χ2n) is 6.83. The van der Waals surface area contributed by atoms with Crippen molar-refractivity contribution in [3.63, 3.8) is 0 Å². The lowest BCUT2D eigenvalue weighted by Crippen LogP contribution is -2.48. The average molecular weight is 410 g/mol. The Morgan fingerprint density at radius 1 is 1.36 bits per heavy atom. The Kier molecular flexibility index (Phi) is 7.62. The molecule has 1 aromatic carbocycles. The normalized spacial score (nSPS) is 19.3. The zero-order valence-electron chi connectivity index (χ0n) is 16.5. The van der Waals surface area contributed by atoms with Gasteiger partial charge in [-0.15, -0.1) is 0 Å². The van der Waals surface area contributed by atoms with E-state index >= 15 is 0 Å². The molecule has 0 N–H and O–H groups in total. The van der Waals surface area contributed by atoms with Gasteiger partial charge in [-0.05, 0) is 43.5 Å². The van der Waals surface area contributed by atoms with Crippen LogP contribution >= 0.6 is 0 Å². The van der Waals surface area contributed by atoms with E-state index < -0.39 is 22.4 Å². The number of amides is 1. The van der Waals surface area contributed by atoms with Crippen LogP contribution in [0.4, 0.5) is 0 Å². The number of methoxy groups -OCH3 is 1. The van der Waals surface area contributed by atoms with Crippen molar-refractivity contribution >= 4 is 27.8 Å². The molecule has 0 aromatic heterocycles. The van der Waals surface area contributed by atoms with Gasteiger partial charge in [0.25, 0.3) is 5.91 Å². The third kappa shape index (κ3) is 6.09. The van der Waals surface area contributed by atoms with Gasteiger partial charge in [0.1, 0.15) is 5.75 Å². The molecule has 1 fully saturated rings. The summed E-state index contributed by atoms with van der Waals surface area (Å²) in [6.07, 6.45) is 3.93. The Morgan fingerprint density at radius 2 is 2.11 bits per heavy atom. The molecule has 8 heteroatoms. The third-order valence-corrected chi connectivity index (χ3v) is 6.55. The van der Waals surface area contributed by atoms with Gasteiger partial charge in [-0.25, -0.2) is 13.2 Å². The predicted octanol–water partition coefficient (Wildman–Crippen LogP) is 2.07. The number of hydrogen-bond acceptors (Lipinski definition) is 6. The molecule has 7 nitrogen and oxygen atoms in total. The first-order chi connectivity index (χ1) is 13.3. The Morgan fingerprint density at radius 3 is 2.71 bits per heavy atom. The summed E-state index contributed by atoms with van der Waals surface area (Å²) in [5.74, 6) is -0.298. The largest absolute Gasteiger partial charge is 0.497 e. The summed E-state index contributed by atoms with van der Waals surface area (Å²) in [5.41, 5.74) is 0.764. The number of sulfone groups is 1. The minimum absolute atomic E-state index is 0.0350. The zero-order valence-corrected chi connectivity index (χ0v) is 17.3. The monoisotopic (exact) mass is 409 g/mol. The van der Waals surface area contributed by atoms with E-state index in [4.69, 9.17) is 9.47 Å². The second kappa shape index (κ2) is 9.73. The topological polar surface area (TPSA) is 90.0 Å². The number of carbonyl (C=O) groups is 2. The Labute approximate surface area is 166 Å². The van der Waals surface area contributed by atoms with E-state index in [0.717, 1.165) is 5.56 Å². The van der Waals surface area contributed by atoms with E-state index in [1.165, 1.54) is 6.08 Å². The van der Waals surface area contributed by atoms with Crippen molar-refractivity contribution in [2.45, 2.75) is 38.8 Å². The van der Waals surface area contributed by atoms with Gasteiger partial charge in [0, 0.05) is 18.2 Å². The summed E-state index contributed by atoms with van der Waals surface area (Å²) in [7, 11) is -1.56. The molecule has 2 rings (SSSR count). The van der Waals surface area contributed by atoms with Gasteiger partial charge in [-0.1, -0.05) is 19.1 Å². The fraction of sp³-hybridized carbons (Fsp3) is 0.500. The van der Waals surface area contributed by atoms with Crippen molar-refractivity contribution in [2.24, 2.45) is 0 Å². The van der Waals surface area contributed by atoms with E-state index in [1.807, 2.05) is 19.9 Å². The molecule has 1 aromatic rings. The summed E-state index contributed by atoms with van der Waals surface area (Å²) in [4.78, 5) is 26.1. The van der Waals surface area contributed by atoms with Crippen LogP contribution in [-0.4, -0.2) is 62.5 Å². The van der Waals surface area contributed by atoms with Gasteiger partial charge in [-0.3, -0.25) is 4.79 Å². The molecule has 0 unspecified atom stereocenters. The third-order valence-electron chi connectivity index (χ3n) is 4.80. The van der Waals surface area contributed by atoms with Gasteiger partial charge >= 0.3 is 5.97 Å². The smallest absolute Gasteiger partial charge is 0.331 e. The number of hydrogen-bond donors (Lipinski definition) is 0. The van der Waals surface area contributed by atoms with Crippen LogP contribution in [0.2, 0.25) is 0 Å². The van der Waals surface area contributed by atoms with E-state index in [1.54, 1.807) is 36.3 Å². The van der Waals surface area contributed by atoms with Crippen molar-refractivity contribution in [1.82, 2.24) is 4.90 Å². The molecular formula is C20H27NO6S. The molecule has 0 radical (unpaired) electrons. The summed E-state index contributed by atoms with van der Waals surface area (Å²) in [6.45, 7) is 3.38. The second-order valence-corrected chi connectivity index (χ2v) is 9.06. The highest BCUT2D eigenvalue weighted by Gasteiger charge is 2.36. The van der Waals surface area contributed by atoms with Crippen LogP contribution in [0.5, 0.6) is 5.75 Å². The lowest BCUT2D eigenvalue weighted by Gasteiger charge is -2.33. The van der Waals surface area contributed by atoms with Crippen molar-refractivity contribution in [1.29, 1.82) is 0 Å². The summed E-state index contributed by atoms with van der Waals surface area (Å²) in [5, 5.41) is 0. The standard InChI is InChI=1S/C20H27NO6S/c1-4-15(2)21(17-10-11-28(24,25)14-17)19(22)13-27-20(23)9-8-16-6-5-7-18(12-16)26-3/h5-9,12,15,17H,4,10-11,13-14H2,1-3H3/b9-8+/t15-,17-/m1/s1. The first-order valence-corrected chi connectivity index (χ1v) is 11.1. The predicted molar refractivity (Wildman–Crippen MR) is 107 cm³/mol. The first-order valence-electron chi connectivity index (χ1n) is 9.26.